The molecule has 3 aromatic rings. The maximum absolute atomic E-state index is 12.6. The maximum atomic E-state index is 12.6. The van der Waals surface area contributed by atoms with Gasteiger partial charge in [0.2, 0.25) is 0 Å². The van der Waals surface area contributed by atoms with E-state index in [1.165, 1.54) is 39.6 Å². The number of hydrogen-bond acceptors (Lipinski definition) is 6. The molecule has 0 bridgehead atoms. The Kier molecular flexibility index (Phi) is 11.0. The van der Waals surface area contributed by atoms with Gasteiger partial charge in [-0.3, -0.25) is 4.18 Å². The van der Waals surface area contributed by atoms with E-state index in [9.17, 15) is 8.42 Å². The predicted molar refractivity (Wildman–Crippen MR) is 231 cm³/mol. The molecule has 1 N–H and O–H groups in total. The summed E-state index contributed by atoms with van der Waals surface area (Å²) in [6, 6.07) is 21.0. The molecule has 56 heavy (non-hydrogen) atoms. The van der Waals surface area contributed by atoms with E-state index in [4.69, 9.17) is 18.1 Å². The molecule has 4 aliphatic rings. The molecule has 308 valence electrons. The number of fused-ring (bicyclic) bond motifs is 5. The molecule has 2 fully saturated rings. The summed E-state index contributed by atoms with van der Waals surface area (Å²) in [6.07, 6.45) is 8.32. The highest BCUT2D eigenvalue weighted by Crippen LogP contribution is 2.67. The van der Waals surface area contributed by atoms with Crippen molar-refractivity contribution in [1.82, 2.24) is 4.98 Å². The largest absolute Gasteiger partial charge is 0.413 e. The van der Waals surface area contributed by atoms with Crippen LogP contribution in [0.5, 0.6) is 0 Å². The van der Waals surface area contributed by atoms with E-state index >= 15 is 0 Å². The van der Waals surface area contributed by atoms with Crippen molar-refractivity contribution in [2.75, 3.05) is 19.5 Å². The van der Waals surface area contributed by atoms with Crippen LogP contribution >= 0.6 is 0 Å². The third-order valence-electron chi connectivity index (χ3n) is 15.7. The molecule has 0 spiro atoms. The fourth-order valence-electron chi connectivity index (χ4n) is 12.3. The Hall–Kier alpha value is -2.27. The quantitative estimate of drug-likeness (QED) is 0.137. The lowest BCUT2D eigenvalue weighted by molar-refractivity contribution is -0.187. The zero-order valence-electron chi connectivity index (χ0n) is 36.1. The molecular weight excluding hydrogens is 735 g/mol. The summed E-state index contributed by atoms with van der Waals surface area (Å²) in [6.45, 7) is 24.5. The van der Waals surface area contributed by atoms with Crippen molar-refractivity contribution in [2.45, 2.75) is 149 Å². The first-order chi connectivity index (χ1) is 26.2. The SMILES string of the molecule is CC[Si](CC)(CC)O[C@H]1CC[C@@]2(C)[C@@H](CC[C@@H](COS(C)(=O)=O)[C@]2(C)c2cc3cc4c(cc3[nH]2)C[C@H]2C4=CC(C)(C)OC2(C)C)[C@]1(C)COCc1ccccc1. The highest BCUT2D eigenvalue weighted by molar-refractivity contribution is 7.85. The van der Waals surface area contributed by atoms with Crippen molar-refractivity contribution < 1.29 is 26.5 Å². The number of nitrogens with one attached hydrogen (secondary N) is 1. The number of H-pyrrole nitrogens is 1. The minimum absolute atomic E-state index is 0.00934. The standard InChI is InChI=1S/C47H69NO6SSi/c1-12-56(13-2,14-3)53-42-22-23-46(9)40(45(42,8)31-51-29-32-18-16-15-17-19-32)21-20-35(30-52-55(11,49)50)47(46,10)41-27-34-24-36-33(26-39(34)48-41)25-38-37(36)28-43(4,5)54-44(38,6)7/h15-19,24,26-28,35,38,40,42,48H,12-14,20-23,25,29-31H2,1-11H3/t35-,38-,40-,42-,45-,46-,47+/m0/s1. The van der Waals surface area contributed by atoms with E-state index in [-0.39, 0.29) is 46.6 Å². The van der Waals surface area contributed by atoms with Crippen LogP contribution in [-0.2, 0) is 46.6 Å². The molecule has 0 unspecified atom stereocenters. The molecule has 7 nitrogen and oxygen atoms in total. The highest BCUT2D eigenvalue weighted by atomic mass is 32.2. The molecular formula is C47H69NO6SSi. The van der Waals surface area contributed by atoms with Crippen LogP contribution in [0.1, 0.15) is 117 Å². The molecule has 1 aliphatic heterocycles. The first kappa shape index (κ1) is 41.9. The van der Waals surface area contributed by atoms with Gasteiger partial charge in [-0.25, -0.2) is 0 Å². The third-order valence-corrected chi connectivity index (χ3v) is 21.0. The van der Waals surface area contributed by atoms with Crippen molar-refractivity contribution in [3.8, 4) is 0 Å². The lowest BCUT2D eigenvalue weighted by Crippen LogP contribution is -2.66. The van der Waals surface area contributed by atoms with Crippen molar-refractivity contribution in [3.05, 3.63) is 77.0 Å². The fraction of sp³-hybridized carbons (Fsp3) is 0.660. The first-order valence-electron chi connectivity index (χ1n) is 21.5. The van der Waals surface area contributed by atoms with Gasteiger partial charge in [0, 0.05) is 33.3 Å². The Labute approximate surface area is 339 Å². The summed E-state index contributed by atoms with van der Waals surface area (Å²) in [4.78, 5) is 4.00. The summed E-state index contributed by atoms with van der Waals surface area (Å²) in [5.41, 5.74) is 6.12. The van der Waals surface area contributed by atoms with Gasteiger partial charge in [0.1, 0.15) is 0 Å². The van der Waals surface area contributed by atoms with Crippen LogP contribution in [0.3, 0.4) is 0 Å². The van der Waals surface area contributed by atoms with Gasteiger partial charge in [-0.2, -0.15) is 8.42 Å². The van der Waals surface area contributed by atoms with E-state index in [1.54, 1.807) is 0 Å². The monoisotopic (exact) mass is 803 g/mol. The number of hydrogen-bond donors (Lipinski definition) is 1. The molecule has 0 amide bonds. The zero-order chi connectivity index (χ0) is 40.5. The molecule has 7 rings (SSSR count). The van der Waals surface area contributed by atoms with Gasteiger partial charge < -0.3 is 18.9 Å². The maximum Gasteiger partial charge on any atom is 0.264 e. The molecule has 2 heterocycles. The van der Waals surface area contributed by atoms with Crippen LogP contribution in [0.15, 0.2) is 54.6 Å². The van der Waals surface area contributed by atoms with Gasteiger partial charge in [0.15, 0.2) is 8.32 Å². The predicted octanol–water partition coefficient (Wildman–Crippen LogP) is 11.0. The van der Waals surface area contributed by atoms with E-state index in [2.05, 4.69) is 129 Å². The minimum atomic E-state index is -3.63. The van der Waals surface area contributed by atoms with Crippen LogP contribution in [0.4, 0.5) is 0 Å². The Balaban J connectivity index is 1.32. The highest BCUT2D eigenvalue weighted by Gasteiger charge is 2.65. The van der Waals surface area contributed by atoms with E-state index in [1.807, 2.05) is 0 Å². The Bertz CT molecular complexity index is 2040. The van der Waals surface area contributed by atoms with Gasteiger partial charge in [-0.05, 0) is 142 Å². The fourth-order valence-corrected chi connectivity index (χ4v) is 15.7. The number of ether oxygens (including phenoxy) is 2. The second-order valence-corrected chi connectivity index (χ2v) is 26.1. The van der Waals surface area contributed by atoms with E-state index in [0.29, 0.717) is 19.1 Å². The topological polar surface area (TPSA) is 86.9 Å². The second kappa shape index (κ2) is 14.8. The van der Waals surface area contributed by atoms with Crippen molar-refractivity contribution in [3.63, 3.8) is 0 Å². The van der Waals surface area contributed by atoms with Crippen LogP contribution in [-0.4, -0.2) is 58.5 Å². The summed E-state index contributed by atoms with van der Waals surface area (Å²) in [5.74, 6) is 0.582. The molecule has 0 radical (unpaired) electrons. The first-order valence-corrected chi connectivity index (χ1v) is 25.8. The molecule has 1 aromatic heterocycles. The summed E-state index contributed by atoms with van der Waals surface area (Å²) in [5, 5.41) is 1.20. The van der Waals surface area contributed by atoms with Crippen LogP contribution in [0.25, 0.3) is 16.5 Å². The number of benzene rings is 2. The number of rotatable bonds is 13. The molecule has 0 saturated heterocycles. The van der Waals surface area contributed by atoms with Crippen LogP contribution in [0.2, 0.25) is 18.1 Å². The van der Waals surface area contributed by atoms with Gasteiger partial charge in [-0.1, -0.05) is 71.9 Å². The smallest absolute Gasteiger partial charge is 0.264 e. The zero-order valence-corrected chi connectivity index (χ0v) is 38.0. The van der Waals surface area contributed by atoms with E-state index < -0.39 is 23.9 Å². The minimum Gasteiger partial charge on any atom is -0.413 e. The van der Waals surface area contributed by atoms with Crippen molar-refractivity contribution in [2.24, 2.45) is 28.6 Å². The van der Waals surface area contributed by atoms with Gasteiger partial charge in [0.05, 0.1) is 43.4 Å². The molecule has 2 saturated carbocycles. The van der Waals surface area contributed by atoms with Crippen LogP contribution in [0, 0.1) is 28.6 Å². The Morgan fingerprint density at radius 1 is 0.911 bits per heavy atom. The molecule has 3 aliphatic carbocycles. The average Bonchev–Trinajstić information content (AvgIpc) is 3.72. The summed E-state index contributed by atoms with van der Waals surface area (Å²) < 4.78 is 51.8. The van der Waals surface area contributed by atoms with Gasteiger partial charge in [-0.15, -0.1) is 0 Å². The van der Waals surface area contributed by atoms with Crippen molar-refractivity contribution >= 4 is 34.9 Å². The Morgan fingerprint density at radius 3 is 2.27 bits per heavy atom. The van der Waals surface area contributed by atoms with Gasteiger partial charge in [0.25, 0.3) is 10.1 Å². The average molecular weight is 804 g/mol. The number of aromatic amines is 1. The Morgan fingerprint density at radius 2 is 1.61 bits per heavy atom. The lowest BCUT2D eigenvalue weighted by atomic mass is 9.40. The van der Waals surface area contributed by atoms with Crippen molar-refractivity contribution in [1.29, 1.82) is 0 Å². The van der Waals surface area contributed by atoms with Crippen LogP contribution < -0.4 is 0 Å². The molecule has 9 heteroatoms. The van der Waals surface area contributed by atoms with E-state index in [0.717, 1.165) is 55.8 Å². The second-order valence-electron chi connectivity index (χ2n) is 19.8. The molecule has 2 aromatic carbocycles. The summed E-state index contributed by atoms with van der Waals surface area (Å²) in [7, 11) is -5.58. The lowest BCUT2D eigenvalue weighted by Gasteiger charge is -2.66. The summed E-state index contributed by atoms with van der Waals surface area (Å²) >= 11 is 0. The normalized spacial score (nSPS) is 32.4. The molecule has 7 atom stereocenters. The number of aromatic nitrogens is 1. The van der Waals surface area contributed by atoms with Gasteiger partial charge >= 0.3 is 0 Å². The third kappa shape index (κ3) is 7.23.